The van der Waals surface area contributed by atoms with Crippen LogP contribution in [-0.4, -0.2) is 56.4 Å². The van der Waals surface area contributed by atoms with Crippen LogP contribution in [0.15, 0.2) is 0 Å². The minimum Gasteiger partial charge on any atom is -0.394 e. The summed E-state index contributed by atoms with van der Waals surface area (Å²) in [5.74, 6) is -0.174. The highest BCUT2D eigenvalue weighted by molar-refractivity contribution is 7.81. The standard InChI is InChI=1S/C9H18O5S/c1-4(2)9(15)8(13)7(12)6(11)5(3-10)14-9/h4-8,10-13,15H,3H2,1-2H3/t5-,6-,7+,8-,9+/m1/s1. The summed E-state index contributed by atoms with van der Waals surface area (Å²) in [7, 11) is 0. The van der Waals surface area contributed by atoms with Crippen LogP contribution in [0.1, 0.15) is 13.8 Å². The molecule has 0 bridgehead atoms. The van der Waals surface area contributed by atoms with E-state index in [0.717, 1.165) is 0 Å². The quantitative estimate of drug-likeness (QED) is 0.388. The Morgan fingerprint density at radius 2 is 1.80 bits per heavy atom. The predicted molar refractivity (Wildman–Crippen MR) is 56.5 cm³/mol. The number of thiol groups is 1. The van der Waals surface area contributed by atoms with Gasteiger partial charge in [0.05, 0.1) is 6.61 Å². The molecule has 0 aromatic rings. The second kappa shape index (κ2) is 4.57. The van der Waals surface area contributed by atoms with Crippen LogP contribution in [0, 0.1) is 5.92 Å². The lowest BCUT2D eigenvalue weighted by Gasteiger charge is -2.48. The van der Waals surface area contributed by atoms with Crippen molar-refractivity contribution >= 4 is 12.6 Å². The highest BCUT2D eigenvalue weighted by Crippen LogP contribution is 2.38. The molecule has 1 heterocycles. The molecule has 5 nitrogen and oxygen atoms in total. The molecule has 0 unspecified atom stereocenters. The molecule has 0 saturated carbocycles. The Bertz CT molecular complexity index is 223. The van der Waals surface area contributed by atoms with Gasteiger partial charge < -0.3 is 25.2 Å². The van der Waals surface area contributed by atoms with Crippen molar-refractivity contribution in [2.24, 2.45) is 5.92 Å². The fraction of sp³-hybridized carbons (Fsp3) is 1.00. The SMILES string of the molecule is CC(C)[C@@]1(S)O[C@H](CO)[C@@H](O)[C@H](O)[C@H]1O. The summed E-state index contributed by atoms with van der Waals surface area (Å²) >= 11 is 4.20. The second-order valence-corrected chi connectivity index (χ2v) is 4.87. The third-order valence-electron chi connectivity index (χ3n) is 2.83. The topological polar surface area (TPSA) is 90.2 Å². The summed E-state index contributed by atoms with van der Waals surface area (Å²) in [5, 5.41) is 37.8. The molecule has 1 rings (SSSR count). The van der Waals surface area contributed by atoms with Crippen LogP contribution in [0.3, 0.4) is 0 Å². The molecule has 0 aliphatic carbocycles. The van der Waals surface area contributed by atoms with Crippen LogP contribution in [0.25, 0.3) is 0 Å². The molecule has 1 fully saturated rings. The summed E-state index contributed by atoms with van der Waals surface area (Å²) in [4.78, 5) is -1.26. The highest BCUT2D eigenvalue weighted by atomic mass is 32.1. The number of hydrogen-bond donors (Lipinski definition) is 5. The molecular formula is C9H18O5S. The zero-order chi connectivity index (χ0) is 11.8. The first-order chi connectivity index (χ1) is 6.84. The Kier molecular flexibility index (Phi) is 4.02. The fourth-order valence-corrected chi connectivity index (χ4v) is 1.94. The normalized spacial score (nSPS) is 47.2. The van der Waals surface area contributed by atoms with Crippen LogP contribution in [0.4, 0.5) is 0 Å². The van der Waals surface area contributed by atoms with E-state index >= 15 is 0 Å². The summed E-state index contributed by atoms with van der Waals surface area (Å²) in [6.45, 7) is 3.12. The molecule has 90 valence electrons. The maximum atomic E-state index is 9.76. The third-order valence-corrected chi connectivity index (χ3v) is 3.71. The average Bonchev–Trinajstić information content (AvgIpc) is 2.20. The lowest BCUT2D eigenvalue weighted by Crippen LogP contribution is -2.64. The maximum Gasteiger partial charge on any atom is 0.142 e. The van der Waals surface area contributed by atoms with E-state index in [1.165, 1.54) is 0 Å². The third kappa shape index (κ3) is 2.15. The van der Waals surface area contributed by atoms with Crippen LogP contribution in [-0.2, 0) is 4.74 Å². The summed E-state index contributed by atoms with van der Waals surface area (Å²) in [5.41, 5.74) is 0. The summed E-state index contributed by atoms with van der Waals surface area (Å²) in [6.07, 6.45) is -4.89. The second-order valence-electron chi connectivity index (χ2n) is 4.17. The first-order valence-corrected chi connectivity index (χ1v) is 5.34. The van der Waals surface area contributed by atoms with E-state index in [4.69, 9.17) is 9.84 Å². The number of aliphatic hydroxyl groups is 4. The first kappa shape index (κ1) is 13.2. The van der Waals surface area contributed by atoms with Crippen LogP contribution >= 0.6 is 12.6 Å². The van der Waals surface area contributed by atoms with Gasteiger partial charge in [-0.1, -0.05) is 13.8 Å². The van der Waals surface area contributed by atoms with E-state index in [1.807, 2.05) is 0 Å². The van der Waals surface area contributed by atoms with E-state index in [0.29, 0.717) is 0 Å². The van der Waals surface area contributed by atoms with Gasteiger partial charge in [0.2, 0.25) is 0 Å². The van der Waals surface area contributed by atoms with Crippen molar-refractivity contribution in [1.82, 2.24) is 0 Å². The number of rotatable bonds is 2. The van der Waals surface area contributed by atoms with Crippen molar-refractivity contribution in [1.29, 1.82) is 0 Å². The van der Waals surface area contributed by atoms with Crippen LogP contribution in [0.5, 0.6) is 0 Å². The number of hydrogen-bond acceptors (Lipinski definition) is 6. The largest absolute Gasteiger partial charge is 0.394 e. The van der Waals surface area contributed by atoms with Gasteiger partial charge in [0, 0.05) is 0 Å². The monoisotopic (exact) mass is 238 g/mol. The lowest BCUT2D eigenvalue weighted by molar-refractivity contribution is -0.251. The Morgan fingerprint density at radius 3 is 2.20 bits per heavy atom. The van der Waals surface area contributed by atoms with Crippen molar-refractivity contribution in [3.63, 3.8) is 0 Å². The first-order valence-electron chi connectivity index (χ1n) is 4.89. The molecular weight excluding hydrogens is 220 g/mol. The molecule has 0 aromatic carbocycles. The van der Waals surface area contributed by atoms with E-state index in [9.17, 15) is 15.3 Å². The highest BCUT2D eigenvalue weighted by Gasteiger charge is 2.52. The summed E-state index contributed by atoms with van der Waals surface area (Å²) < 4.78 is 5.33. The predicted octanol–water partition coefficient (Wildman–Crippen LogP) is -1.26. The minimum absolute atomic E-state index is 0.174. The van der Waals surface area contributed by atoms with Crippen molar-refractivity contribution < 1.29 is 25.2 Å². The molecule has 1 aliphatic rings. The van der Waals surface area contributed by atoms with Gasteiger partial charge in [0.25, 0.3) is 0 Å². The van der Waals surface area contributed by atoms with Gasteiger partial charge in [0.15, 0.2) is 0 Å². The van der Waals surface area contributed by atoms with Crippen molar-refractivity contribution in [2.75, 3.05) is 6.61 Å². The van der Waals surface area contributed by atoms with Gasteiger partial charge in [0.1, 0.15) is 29.3 Å². The minimum atomic E-state index is -1.37. The molecule has 0 spiro atoms. The Labute approximate surface area is 94.1 Å². The molecule has 0 aromatic heterocycles. The number of ether oxygens (including phenoxy) is 1. The summed E-state index contributed by atoms with van der Waals surface area (Å²) in [6, 6.07) is 0. The molecule has 4 N–H and O–H groups in total. The van der Waals surface area contributed by atoms with E-state index in [1.54, 1.807) is 13.8 Å². The van der Waals surface area contributed by atoms with Gasteiger partial charge in [-0.05, 0) is 5.92 Å². The van der Waals surface area contributed by atoms with Gasteiger partial charge in [-0.15, -0.1) is 12.6 Å². The van der Waals surface area contributed by atoms with Crippen molar-refractivity contribution in [2.45, 2.75) is 43.2 Å². The van der Waals surface area contributed by atoms with Gasteiger partial charge in [-0.3, -0.25) is 0 Å². The smallest absolute Gasteiger partial charge is 0.142 e. The average molecular weight is 238 g/mol. The van der Waals surface area contributed by atoms with Crippen molar-refractivity contribution in [3.05, 3.63) is 0 Å². The van der Waals surface area contributed by atoms with Gasteiger partial charge in [-0.25, -0.2) is 0 Å². The Hall–Kier alpha value is 0.150. The van der Waals surface area contributed by atoms with Crippen LogP contribution < -0.4 is 0 Å². The maximum absolute atomic E-state index is 9.76. The Morgan fingerprint density at radius 1 is 1.27 bits per heavy atom. The van der Waals surface area contributed by atoms with E-state index in [2.05, 4.69) is 12.6 Å². The van der Waals surface area contributed by atoms with Crippen molar-refractivity contribution in [3.8, 4) is 0 Å². The molecule has 6 heteroatoms. The zero-order valence-corrected chi connectivity index (χ0v) is 9.63. The molecule has 0 amide bonds. The number of aliphatic hydroxyl groups excluding tert-OH is 4. The lowest BCUT2D eigenvalue weighted by atomic mass is 9.89. The Balaban J connectivity index is 2.92. The van der Waals surface area contributed by atoms with E-state index < -0.39 is 36.0 Å². The fourth-order valence-electron chi connectivity index (χ4n) is 1.66. The molecule has 5 atom stereocenters. The zero-order valence-electron chi connectivity index (χ0n) is 8.74. The van der Waals surface area contributed by atoms with E-state index in [-0.39, 0.29) is 5.92 Å². The molecule has 0 radical (unpaired) electrons. The van der Waals surface area contributed by atoms with Gasteiger partial charge >= 0.3 is 0 Å². The molecule has 1 aliphatic heterocycles. The molecule has 1 saturated heterocycles. The van der Waals surface area contributed by atoms with Gasteiger partial charge in [-0.2, -0.15) is 0 Å². The molecule has 15 heavy (non-hydrogen) atoms. The van der Waals surface area contributed by atoms with Crippen LogP contribution in [0.2, 0.25) is 0 Å².